The summed E-state index contributed by atoms with van der Waals surface area (Å²) in [6.45, 7) is 1.85. The Labute approximate surface area is 113 Å². The van der Waals surface area contributed by atoms with E-state index in [2.05, 4.69) is 22.6 Å². The normalized spacial score (nSPS) is 20.4. The first-order valence-corrected chi connectivity index (χ1v) is 7.30. The summed E-state index contributed by atoms with van der Waals surface area (Å²) in [5.74, 6) is 0.617. The monoisotopic (exact) mass is 351 g/mol. The van der Waals surface area contributed by atoms with Crippen molar-refractivity contribution >= 4 is 39.8 Å². The van der Waals surface area contributed by atoms with E-state index in [1.807, 2.05) is 16.3 Å². The van der Waals surface area contributed by atoms with E-state index >= 15 is 0 Å². The number of amides is 1. The lowest BCUT2D eigenvalue weighted by Gasteiger charge is -2.15. The van der Waals surface area contributed by atoms with Crippen molar-refractivity contribution in [3.8, 4) is 0 Å². The molecular formula is C11H14INO2S. The van der Waals surface area contributed by atoms with Gasteiger partial charge in [0.2, 0.25) is 0 Å². The average Bonchev–Trinajstić information content (AvgIpc) is 2.87. The van der Waals surface area contributed by atoms with Crippen LogP contribution < -0.4 is 0 Å². The summed E-state index contributed by atoms with van der Waals surface area (Å²) in [7, 11) is 0. The minimum absolute atomic E-state index is 0.139. The molecule has 2 heterocycles. The average molecular weight is 351 g/mol. The summed E-state index contributed by atoms with van der Waals surface area (Å²) < 4.78 is 1.15. The van der Waals surface area contributed by atoms with E-state index in [0.717, 1.165) is 34.4 Å². The Morgan fingerprint density at radius 3 is 3.12 bits per heavy atom. The Balaban J connectivity index is 1.97. The van der Waals surface area contributed by atoms with Crippen molar-refractivity contribution in [1.82, 2.24) is 4.90 Å². The summed E-state index contributed by atoms with van der Waals surface area (Å²) in [5.41, 5.74) is 0.805. The molecule has 0 aliphatic carbocycles. The van der Waals surface area contributed by atoms with Crippen LogP contribution in [0.15, 0.2) is 11.4 Å². The van der Waals surface area contributed by atoms with Crippen LogP contribution in [0.5, 0.6) is 0 Å². The molecule has 1 aliphatic heterocycles. The van der Waals surface area contributed by atoms with Crippen LogP contribution in [0.3, 0.4) is 0 Å². The Morgan fingerprint density at radius 2 is 2.50 bits per heavy atom. The number of carbonyl (C=O) groups is 1. The zero-order chi connectivity index (χ0) is 11.5. The Morgan fingerprint density at radius 1 is 1.69 bits per heavy atom. The molecule has 0 radical (unpaired) electrons. The SMILES string of the molecule is O=C(c1csc(I)c1)N1CCC(CCO)C1. The molecule has 1 unspecified atom stereocenters. The molecule has 3 nitrogen and oxygen atoms in total. The maximum atomic E-state index is 12.1. The number of aliphatic hydroxyl groups excluding tert-OH is 1. The van der Waals surface area contributed by atoms with Crippen LogP contribution >= 0.6 is 33.9 Å². The lowest BCUT2D eigenvalue weighted by atomic mass is 10.1. The highest BCUT2D eigenvalue weighted by atomic mass is 127. The molecular weight excluding hydrogens is 337 g/mol. The highest BCUT2D eigenvalue weighted by Crippen LogP contribution is 2.23. The topological polar surface area (TPSA) is 40.5 Å². The van der Waals surface area contributed by atoms with E-state index in [1.165, 1.54) is 0 Å². The van der Waals surface area contributed by atoms with Gasteiger partial charge in [-0.2, -0.15) is 0 Å². The largest absolute Gasteiger partial charge is 0.396 e. The first-order valence-electron chi connectivity index (χ1n) is 5.35. The van der Waals surface area contributed by atoms with Crippen LogP contribution in [-0.4, -0.2) is 35.6 Å². The number of thiophene rings is 1. The molecule has 1 atom stereocenters. The predicted molar refractivity (Wildman–Crippen MR) is 72.7 cm³/mol. The van der Waals surface area contributed by atoms with E-state index < -0.39 is 0 Å². The second-order valence-electron chi connectivity index (χ2n) is 4.06. The Bertz CT molecular complexity index is 380. The maximum absolute atomic E-state index is 12.1. The second-order valence-corrected chi connectivity index (χ2v) is 6.86. The molecule has 2 rings (SSSR count). The van der Waals surface area contributed by atoms with E-state index in [1.54, 1.807) is 11.3 Å². The summed E-state index contributed by atoms with van der Waals surface area (Å²) in [4.78, 5) is 14.0. The molecule has 1 saturated heterocycles. The fourth-order valence-corrected chi connectivity index (χ4v) is 3.36. The lowest BCUT2D eigenvalue weighted by Crippen LogP contribution is -2.28. The van der Waals surface area contributed by atoms with Gasteiger partial charge in [-0.25, -0.2) is 0 Å². The smallest absolute Gasteiger partial charge is 0.254 e. The number of likely N-dealkylation sites (tertiary alicyclic amines) is 1. The van der Waals surface area contributed by atoms with E-state index in [9.17, 15) is 4.79 Å². The highest BCUT2D eigenvalue weighted by molar-refractivity contribution is 14.1. The third-order valence-corrected chi connectivity index (χ3v) is 4.71. The van der Waals surface area contributed by atoms with Crippen molar-refractivity contribution in [3.63, 3.8) is 0 Å². The number of halogens is 1. The standard InChI is InChI=1S/C11H14INO2S/c12-10-5-9(7-16-10)11(15)13-3-1-8(6-13)2-4-14/h5,7-8,14H,1-4,6H2. The predicted octanol–water partition coefficient (Wildman–Crippen LogP) is 2.20. The van der Waals surface area contributed by atoms with Gasteiger partial charge in [0.05, 0.1) is 8.45 Å². The highest BCUT2D eigenvalue weighted by Gasteiger charge is 2.26. The zero-order valence-corrected chi connectivity index (χ0v) is 11.8. The van der Waals surface area contributed by atoms with Crippen molar-refractivity contribution in [1.29, 1.82) is 0 Å². The molecule has 1 amide bonds. The van der Waals surface area contributed by atoms with Gasteiger partial charge < -0.3 is 10.0 Å². The second kappa shape index (κ2) is 5.46. The van der Waals surface area contributed by atoms with Crippen molar-refractivity contribution < 1.29 is 9.90 Å². The first kappa shape index (κ1) is 12.3. The van der Waals surface area contributed by atoms with Gasteiger partial charge in [-0.15, -0.1) is 11.3 Å². The van der Waals surface area contributed by atoms with Crippen molar-refractivity contribution in [2.24, 2.45) is 5.92 Å². The van der Waals surface area contributed by atoms with Gasteiger partial charge in [0.25, 0.3) is 5.91 Å². The summed E-state index contributed by atoms with van der Waals surface area (Å²) in [6, 6.07) is 1.94. The first-order chi connectivity index (χ1) is 7.70. The van der Waals surface area contributed by atoms with Crippen LogP contribution in [0.25, 0.3) is 0 Å². The Hall–Kier alpha value is -0.140. The fourth-order valence-electron chi connectivity index (χ4n) is 2.04. The molecule has 1 N–H and O–H groups in total. The molecule has 5 heteroatoms. The van der Waals surface area contributed by atoms with Gasteiger partial charge in [0.1, 0.15) is 0 Å². The van der Waals surface area contributed by atoms with Gasteiger partial charge in [0.15, 0.2) is 0 Å². The van der Waals surface area contributed by atoms with Crippen molar-refractivity contribution in [2.45, 2.75) is 12.8 Å². The summed E-state index contributed by atoms with van der Waals surface area (Å²) in [6.07, 6.45) is 1.83. The van der Waals surface area contributed by atoms with Crippen molar-refractivity contribution in [3.05, 3.63) is 19.9 Å². The van der Waals surface area contributed by atoms with Crippen LogP contribution in [0.4, 0.5) is 0 Å². The minimum atomic E-state index is 0.139. The van der Waals surface area contributed by atoms with Crippen LogP contribution in [0.2, 0.25) is 0 Å². The Kier molecular flexibility index (Phi) is 4.21. The quantitative estimate of drug-likeness (QED) is 0.849. The number of aliphatic hydroxyl groups is 1. The van der Waals surface area contributed by atoms with Crippen LogP contribution in [0, 0.1) is 8.80 Å². The number of nitrogens with zero attached hydrogens (tertiary/aromatic N) is 1. The number of rotatable bonds is 3. The van der Waals surface area contributed by atoms with Gasteiger partial charge in [-0.3, -0.25) is 4.79 Å². The molecule has 88 valence electrons. The molecule has 1 aliphatic rings. The maximum Gasteiger partial charge on any atom is 0.254 e. The molecule has 0 saturated carbocycles. The molecule has 0 bridgehead atoms. The third-order valence-electron chi connectivity index (χ3n) is 2.92. The van der Waals surface area contributed by atoms with E-state index in [4.69, 9.17) is 5.11 Å². The number of carbonyl (C=O) groups excluding carboxylic acids is 1. The molecule has 0 aromatic carbocycles. The number of hydrogen-bond acceptors (Lipinski definition) is 3. The molecule has 16 heavy (non-hydrogen) atoms. The van der Waals surface area contributed by atoms with Crippen LogP contribution in [-0.2, 0) is 0 Å². The van der Waals surface area contributed by atoms with E-state index in [-0.39, 0.29) is 12.5 Å². The molecule has 1 fully saturated rings. The van der Waals surface area contributed by atoms with E-state index in [0.29, 0.717) is 5.92 Å². The van der Waals surface area contributed by atoms with Crippen molar-refractivity contribution in [2.75, 3.05) is 19.7 Å². The van der Waals surface area contributed by atoms with Gasteiger partial charge in [-0.05, 0) is 47.4 Å². The molecule has 1 aromatic heterocycles. The minimum Gasteiger partial charge on any atom is -0.396 e. The molecule has 1 aromatic rings. The van der Waals surface area contributed by atoms with Gasteiger partial charge >= 0.3 is 0 Å². The fraction of sp³-hybridized carbons (Fsp3) is 0.545. The summed E-state index contributed by atoms with van der Waals surface area (Å²) in [5, 5.41) is 10.8. The van der Waals surface area contributed by atoms with Gasteiger partial charge in [0, 0.05) is 25.1 Å². The summed E-state index contributed by atoms with van der Waals surface area (Å²) >= 11 is 3.83. The zero-order valence-electron chi connectivity index (χ0n) is 8.86. The lowest BCUT2D eigenvalue weighted by molar-refractivity contribution is 0.0785. The van der Waals surface area contributed by atoms with Crippen LogP contribution in [0.1, 0.15) is 23.2 Å². The third kappa shape index (κ3) is 2.75. The van der Waals surface area contributed by atoms with Gasteiger partial charge in [-0.1, -0.05) is 0 Å². The molecule has 0 spiro atoms. The number of hydrogen-bond donors (Lipinski definition) is 1.